The quantitative estimate of drug-likeness (QED) is 0.560. The molecule has 1 aromatic rings. The Bertz CT molecular complexity index is 966. The number of amides is 3. The molecule has 1 saturated heterocycles. The Labute approximate surface area is 171 Å². The number of anilines is 1. The van der Waals surface area contributed by atoms with Gasteiger partial charge in [0.2, 0.25) is 11.8 Å². The van der Waals surface area contributed by atoms with Crippen LogP contribution in [0.2, 0.25) is 0 Å². The Hall–Kier alpha value is -2.64. The predicted octanol–water partition coefficient (Wildman–Crippen LogP) is 3.21. The first-order valence-corrected chi connectivity index (χ1v) is 10.1. The van der Waals surface area contributed by atoms with Crippen molar-refractivity contribution in [3.63, 3.8) is 0 Å². The standard InChI is InChI=1S/C22H21F3N2O3/c1-10-3-6-16(11(2)7-10)26(21(30)22(23,24)25)9-27-19(28)17-12-4-5-13(15-8-14(12)15)18(17)20(27)29/h3-7,12-15,17-18H,8-9H2,1-2H3/t12-,13-,14-,15+,17+,18+/m0/s1. The van der Waals surface area contributed by atoms with Gasteiger partial charge in [0.05, 0.1) is 11.8 Å². The normalized spacial score (nSPS) is 33.6. The topological polar surface area (TPSA) is 57.7 Å². The van der Waals surface area contributed by atoms with E-state index in [2.05, 4.69) is 0 Å². The smallest absolute Gasteiger partial charge is 0.286 e. The number of benzene rings is 1. The van der Waals surface area contributed by atoms with Gasteiger partial charge < -0.3 is 0 Å². The highest BCUT2D eigenvalue weighted by Gasteiger charge is 2.67. The van der Waals surface area contributed by atoms with Crippen molar-refractivity contribution in [2.75, 3.05) is 11.6 Å². The summed E-state index contributed by atoms with van der Waals surface area (Å²) < 4.78 is 40.1. The molecule has 0 N–H and O–H groups in total. The number of allylic oxidation sites excluding steroid dienone is 2. The van der Waals surface area contributed by atoms with Crippen LogP contribution in [0.5, 0.6) is 0 Å². The summed E-state index contributed by atoms with van der Waals surface area (Å²) in [6.07, 6.45) is -0.135. The molecular weight excluding hydrogens is 397 g/mol. The third kappa shape index (κ3) is 2.65. The summed E-state index contributed by atoms with van der Waals surface area (Å²) in [6, 6.07) is 4.69. The first-order chi connectivity index (χ1) is 14.1. The van der Waals surface area contributed by atoms with Crippen molar-refractivity contribution in [1.29, 1.82) is 0 Å². The fraction of sp³-hybridized carbons (Fsp3) is 0.500. The number of alkyl halides is 3. The highest BCUT2D eigenvalue weighted by atomic mass is 19.4. The molecule has 5 nitrogen and oxygen atoms in total. The van der Waals surface area contributed by atoms with Crippen LogP contribution < -0.4 is 4.90 Å². The van der Waals surface area contributed by atoms with E-state index in [1.165, 1.54) is 6.07 Å². The second kappa shape index (κ2) is 6.18. The molecule has 2 saturated carbocycles. The van der Waals surface area contributed by atoms with Crippen molar-refractivity contribution >= 4 is 23.4 Å². The number of nitrogens with zero attached hydrogens (tertiary/aromatic N) is 2. The Morgan fingerprint density at radius 1 is 1.07 bits per heavy atom. The van der Waals surface area contributed by atoms with E-state index in [4.69, 9.17) is 0 Å². The molecule has 1 aliphatic heterocycles. The first-order valence-electron chi connectivity index (χ1n) is 10.1. The fourth-order valence-corrected chi connectivity index (χ4v) is 5.81. The van der Waals surface area contributed by atoms with Crippen LogP contribution in [-0.4, -0.2) is 35.5 Å². The van der Waals surface area contributed by atoms with Gasteiger partial charge in [0.1, 0.15) is 6.67 Å². The van der Waals surface area contributed by atoms with E-state index in [9.17, 15) is 27.6 Å². The molecule has 158 valence electrons. The second-order valence-corrected chi connectivity index (χ2v) is 8.92. The molecule has 4 aliphatic carbocycles. The van der Waals surface area contributed by atoms with Gasteiger partial charge >= 0.3 is 12.1 Å². The van der Waals surface area contributed by atoms with Gasteiger partial charge in [-0.25, -0.2) is 0 Å². The minimum atomic E-state index is -5.13. The SMILES string of the molecule is Cc1ccc(N(CN2C(=O)[C@@H]3[C@H]4C=C[C@@H]([C@@H]5C[C@H]45)[C@H]3C2=O)C(=O)C(F)(F)F)c(C)c1. The van der Waals surface area contributed by atoms with Gasteiger partial charge in [0.15, 0.2) is 0 Å². The van der Waals surface area contributed by atoms with Crippen LogP contribution in [0.1, 0.15) is 17.5 Å². The van der Waals surface area contributed by atoms with Crippen molar-refractivity contribution in [2.24, 2.45) is 35.5 Å². The molecule has 0 radical (unpaired) electrons. The van der Waals surface area contributed by atoms with Crippen molar-refractivity contribution in [3.05, 3.63) is 41.5 Å². The maximum Gasteiger partial charge on any atom is 0.471 e. The van der Waals surface area contributed by atoms with Gasteiger partial charge in [-0.05, 0) is 55.6 Å². The molecule has 1 aromatic carbocycles. The van der Waals surface area contributed by atoms with Gasteiger partial charge in [0, 0.05) is 5.69 Å². The van der Waals surface area contributed by atoms with Crippen LogP contribution in [0.4, 0.5) is 18.9 Å². The van der Waals surface area contributed by atoms with E-state index in [0.29, 0.717) is 22.3 Å². The molecule has 5 aliphatic rings. The maximum absolute atomic E-state index is 13.4. The van der Waals surface area contributed by atoms with E-state index < -0.39 is 42.4 Å². The van der Waals surface area contributed by atoms with Crippen LogP contribution >= 0.6 is 0 Å². The fourth-order valence-electron chi connectivity index (χ4n) is 5.81. The zero-order valence-corrected chi connectivity index (χ0v) is 16.5. The zero-order chi connectivity index (χ0) is 21.5. The molecule has 0 unspecified atom stereocenters. The number of hydrogen-bond acceptors (Lipinski definition) is 3. The summed E-state index contributed by atoms with van der Waals surface area (Å²) in [5.41, 5.74) is 1.34. The molecular formula is C22H21F3N2O3. The van der Waals surface area contributed by atoms with Crippen LogP contribution in [0.25, 0.3) is 0 Å². The van der Waals surface area contributed by atoms with E-state index in [0.717, 1.165) is 16.9 Å². The second-order valence-electron chi connectivity index (χ2n) is 8.92. The van der Waals surface area contributed by atoms with E-state index in [1.807, 2.05) is 12.2 Å². The number of halogens is 3. The Kier molecular flexibility index (Phi) is 3.98. The van der Waals surface area contributed by atoms with E-state index in [1.54, 1.807) is 26.0 Å². The molecule has 0 spiro atoms. The summed E-state index contributed by atoms with van der Waals surface area (Å²) in [4.78, 5) is 39.9. The Morgan fingerprint density at radius 3 is 2.13 bits per heavy atom. The lowest BCUT2D eigenvalue weighted by molar-refractivity contribution is -0.171. The van der Waals surface area contributed by atoms with Gasteiger partial charge in [-0.3, -0.25) is 24.2 Å². The number of carbonyl (C=O) groups excluding carboxylic acids is 3. The van der Waals surface area contributed by atoms with Crippen LogP contribution in [0.3, 0.4) is 0 Å². The lowest BCUT2D eigenvalue weighted by atomic mass is 9.63. The molecule has 30 heavy (non-hydrogen) atoms. The first kappa shape index (κ1) is 19.3. The van der Waals surface area contributed by atoms with Crippen molar-refractivity contribution in [3.8, 4) is 0 Å². The summed E-state index contributed by atoms with van der Waals surface area (Å²) in [7, 11) is 0. The minimum absolute atomic E-state index is 0.0284. The Balaban J connectivity index is 1.49. The lowest BCUT2D eigenvalue weighted by Crippen LogP contribution is -2.49. The summed E-state index contributed by atoms with van der Waals surface area (Å²) >= 11 is 0. The molecule has 6 atom stereocenters. The van der Waals surface area contributed by atoms with Crippen LogP contribution in [0, 0.1) is 49.4 Å². The summed E-state index contributed by atoms with van der Waals surface area (Å²) in [5.74, 6) is -3.31. The number of hydrogen-bond donors (Lipinski definition) is 0. The highest BCUT2D eigenvalue weighted by Crippen LogP contribution is 2.65. The minimum Gasteiger partial charge on any atom is -0.286 e. The summed E-state index contributed by atoms with van der Waals surface area (Å²) in [6.45, 7) is 2.67. The predicted molar refractivity (Wildman–Crippen MR) is 101 cm³/mol. The largest absolute Gasteiger partial charge is 0.471 e. The van der Waals surface area contributed by atoms with Gasteiger partial charge in [0.25, 0.3) is 0 Å². The third-order valence-corrected chi connectivity index (χ3v) is 7.17. The third-order valence-electron chi connectivity index (χ3n) is 7.17. The van der Waals surface area contributed by atoms with Crippen molar-refractivity contribution in [2.45, 2.75) is 26.4 Å². The van der Waals surface area contributed by atoms with Crippen LogP contribution in [0.15, 0.2) is 30.4 Å². The molecule has 3 fully saturated rings. The molecule has 0 aromatic heterocycles. The number of imide groups is 1. The van der Waals surface area contributed by atoms with Crippen molar-refractivity contribution in [1.82, 2.24) is 4.90 Å². The van der Waals surface area contributed by atoms with E-state index in [-0.39, 0.29) is 17.5 Å². The molecule has 6 rings (SSSR count). The number of carbonyl (C=O) groups is 3. The molecule has 8 heteroatoms. The van der Waals surface area contributed by atoms with Gasteiger partial charge in [-0.2, -0.15) is 13.2 Å². The number of rotatable bonds is 3. The molecule has 1 heterocycles. The number of likely N-dealkylation sites (tertiary alicyclic amines) is 1. The average molecular weight is 418 g/mol. The molecule has 2 bridgehead atoms. The van der Waals surface area contributed by atoms with Gasteiger partial charge in [-0.15, -0.1) is 0 Å². The monoisotopic (exact) mass is 418 g/mol. The Morgan fingerprint density at radius 2 is 1.63 bits per heavy atom. The van der Waals surface area contributed by atoms with Crippen LogP contribution in [-0.2, 0) is 14.4 Å². The average Bonchev–Trinajstić information content (AvgIpc) is 3.45. The number of aryl methyl sites for hydroxylation is 2. The lowest BCUT2D eigenvalue weighted by Gasteiger charge is -2.37. The van der Waals surface area contributed by atoms with Gasteiger partial charge in [-0.1, -0.05) is 29.8 Å². The maximum atomic E-state index is 13.4. The zero-order valence-electron chi connectivity index (χ0n) is 16.5. The van der Waals surface area contributed by atoms with Crippen molar-refractivity contribution < 1.29 is 27.6 Å². The molecule has 3 amide bonds. The highest BCUT2D eigenvalue weighted by molar-refractivity contribution is 6.07. The summed E-state index contributed by atoms with van der Waals surface area (Å²) in [5, 5.41) is 0. The van der Waals surface area contributed by atoms with E-state index >= 15 is 0 Å².